The summed E-state index contributed by atoms with van der Waals surface area (Å²) in [6.07, 6.45) is 1.52. The van der Waals surface area contributed by atoms with Crippen LogP contribution in [0.5, 0.6) is 0 Å². The maximum atomic E-state index is 11.3. The second-order valence-electron chi connectivity index (χ2n) is 3.97. The molecule has 0 saturated heterocycles. The number of hydrogen-bond acceptors (Lipinski definition) is 5. The van der Waals surface area contributed by atoms with Crippen molar-refractivity contribution in [2.24, 2.45) is 0 Å². The van der Waals surface area contributed by atoms with Crippen LogP contribution < -0.4 is 10.6 Å². The third-order valence-corrected chi connectivity index (χ3v) is 2.29. The SMILES string of the molecule is COC(=O)c1cc(NCCNC(=O)N(C)C)ccn1. The highest BCUT2D eigenvalue weighted by Gasteiger charge is 2.07. The van der Waals surface area contributed by atoms with E-state index in [9.17, 15) is 9.59 Å². The fourth-order valence-electron chi connectivity index (χ4n) is 1.29. The number of nitrogens with zero attached hydrogens (tertiary/aromatic N) is 2. The third-order valence-electron chi connectivity index (χ3n) is 2.29. The van der Waals surface area contributed by atoms with Gasteiger partial charge in [-0.25, -0.2) is 14.6 Å². The number of pyridine rings is 1. The minimum absolute atomic E-state index is 0.147. The van der Waals surface area contributed by atoms with Crippen molar-refractivity contribution in [3.8, 4) is 0 Å². The van der Waals surface area contributed by atoms with Gasteiger partial charge in [-0.1, -0.05) is 0 Å². The molecule has 0 spiro atoms. The summed E-state index contributed by atoms with van der Waals surface area (Å²) >= 11 is 0. The number of aromatic nitrogens is 1. The highest BCUT2D eigenvalue weighted by atomic mass is 16.5. The zero-order chi connectivity index (χ0) is 14.3. The first-order valence-electron chi connectivity index (χ1n) is 5.78. The number of esters is 1. The maximum absolute atomic E-state index is 11.3. The molecular weight excluding hydrogens is 248 g/mol. The molecule has 0 aliphatic heterocycles. The number of urea groups is 1. The Morgan fingerprint density at radius 2 is 2.11 bits per heavy atom. The van der Waals surface area contributed by atoms with Crippen molar-refractivity contribution in [2.45, 2.75) is 0 Å². The molecule has 0 fully saturated rings. The van der Waals surface area contributed by atoms with Crippen LogP contribution in [0.4, 0.5) is 10.5 Å². The summed E-state index contributed by atoms with van der Waals surface area (Å²) in [7, 11) is 4.66. The van der Waals surface area contributed by atoms with E-state index in [4.69, 9.17) is 0 Å². The number of carbonyl (C=O) groups excluding carboxylic acids is 2. The molecule has 7 nitrogen and oxygen atoms in total. The first kappa shape index (κ1) is 14.7. The Labute approximate surface area is 112 Å². The molecule has 0 atom stereocenters. The molecular formula is C12H18N4O3. The summed E-state index contributed by atoms with van der Waals surface area (Å²) < 4.78 is 4.58. The molecule has 7 heteroatoms. The summed E-state index contributed by atoms with van der Waals surface area (Å²) in [5.74, 6) is -0.482. The number of carbonyl (C=O) groups is 2. The number of hydrogen-bond donors (Lipinski definition) is 2. The number of anilines is 1. The predicted octanol–water partition coefficient (Wildman–Crippen LogP) is 0.551. The van der Waals surface area contributed by atoms with E-state index in [-0.39, 0.29) is 11.7 Å². The van der Waals surface area contributed by atoms with E-state index in [0.29, 0.717) is 13.1 Å². The summed E-state index contributed by atoms with van der Waals surface area (Å²) in [6.45, 7) is 1.02. The van der Waals surface area contributed by atoms with Gasteiger partial charge in [0.2, 0.25) is 0 Å². The second kappa shape index (κ2) is 7.20. The largest absolute Gasteiger partial charge is 0.464 e. The van der Waals surface area contributed by atoms with E-state index >= 15 is 0 Å². The molecule has 0 aliphatic rings. The van der Waals surface area contributed by atoms with Gasteiger partial charge in [-0.3, -0.25) is 0 Å². The minimum atomic E-state index is -0.482. The Kier molecular flexibility index (Phi) is 5.59. The van der Waals surface area contributed by atoms with Crippen LogP contribution in [-0.2, 0) is 4.74 Å². The molecule has 2 amide bonds. The van der Waals surface area contributed by atoms with E-state index in [0.717, 1.165) is 5.69 Å². The van der Waals surface area contributed by atoms with E-state index in [1.165, 1.54) is 18.2 Å². The van der Waals surface area contributed by atoms with Crippen LogP contribution in [0.15, 0.2) is 18.3 Å². The standard InChI is InChI=1S/C12H18N4O3/c1-16(2)12(18)15-7-6-13-9-4-5-14-10(8-9)11(17)19-3/h4-5,8H,6-7H2,1-3H3,(H,13,14)(H,15,18). The zero-order valence-electron chi connectivity index (χ0n) is 11.3. The molecule has 1 heterocycles. The summed E-state index contributed by atoms with van der Waals surface area (Å²) in [5, 5.41) is 5.80. The van der Waals surface area contributed by atoms with Crippen LogP contribution in [0.2, 0.25) is 0 Å². The normalized spacial score (nSPS) is 9.63. The smallest absolute Gasteiger partial charge is 0.356 e. The predicted molar refractivity (Wildman–Crippen MR) is 71.2 cm³/mol. The Morgan fingerprint density at radius 3 is 2.74 bits per heavy atom. The van der Waals surface area contributed by atoms with Gasteiger partial charge in [0.15, 0.2) is 0 Å². The fraction of sp³-hybridized carbons (Fsp3) is 0.417. The first-order valence-corrected chi connectivity index (χ1v) is 5.78. The summed E-state index contributed by atoms with van der Waals surface area (Å²) in [6, 6.07) is 3.19. The van der Waals surface area contributed by atoms with Gasteiger partial charge < -0.3 is 20.3 Å². The van der Waals surface area contributed by atoms with Crippen LogP contribution in [0.25, 0.3) is 0 Å². The second-order valence-corrected chi connectivity index (χ2v) is 3.97. The van der Waals surface area contributed by atoms with Crippen molar-refractivity contribution in [3.05, 3.63) is 24.0 Å². The van der Waals surface area contributed by atoms with Crippen molar-refractivity contribution >= 4 is 17.7 Å². The monoisotopic (exact) mass is 266 g/mol. The highest BCUT2D eigenvalue weighted by molar-refractivity contribution is 5.88. The molecule has 0 aliphatic carbocycles. The molecule has 1 aromatic heterocycles. The van der Waals surface area contributed by atoms with E-state index in [1.54, 1.807) is 26.2 Å². The molecule has 0 unspecified atom stereocenters. The Morgan fingerprint density at radius 1 is 1.37 bits per heavy atom. The van der Waals surface area contributed by atoms with Crippen molar-refractivity contribution in [1.82, 2.24) is 15.2 Å². The van der Waals surface area contributed by atoms with Crippen LogP contribution in [0.1, 0.15) is 10.5 Å². The van der Waals surface area contributed by atoms with Crippen LogP contribution in [0.3, 0.4) is 0 Å². The molecule has 2 N–H and O–H groups in total. The fourth-order valence-corrected chi connectivity index (χ4v) is 1.29. The van der Waals surface area contributed by atoms with Crippen LogP contribution in [-0.4, -0.2) is 56.2 Å². The molecule has 1 aromatic rings. The average molecular weight is 266 g/mol. The van der Waals surface area contributed by atoms with Crippen LogP contribution >= 0.6 is 0 Å². The van der Waals surface area contributed by atoms with Crippen molar-refractivity contribution in [2.75, 3.05) is 39.6 Å². The minimum Gasteiger partial charge on any atom is -0.464 e. The van der Waals surface area contributed by atoms with Crippen LogP contribution in [0, 0.1) is 0 Å². The molecule has 0 saturated carbocycles. The lowest BCUT2D eigenvalue weighted by atomic mass is 10.3. The van der Waals surface area contributed by atoms with Gasteiger partial charge in [0.25, 0.3) is 0 Å². The van der Waals surface area contributed by atoms with Gasteiger partial charge in [0.1, 0.15) is 5.69 Å². The number of nitrogens with one attached hydrogen (secondary N) is 2. The Hall–Kier alpha value is -2.31. The first-order chi connectivity index (χ1) is 9.04. The molecule has 19 heavy (non-hydrogen) atoms. The zero-order valence-corrected chi connectivity index (χ0v) is 11.3. The molecule has 0 radical (unpaired) electrons. The third kappa shape index (κ3) is 4.82. The van der Waals surface area contributed by atoms with Gasteiger partial charge in [-0.15, -0.1) is 0 Å². The van der Waals surface area contributed by atoms with Gasteiger partial charge in [-0.05, 0) is 12.1 Å². The van der Waals surface area contributed by atoms with Gasteiger partial charge in [-0.2, -0.15) is 0 Å². The lowest BCUT2D eigenvalue weighted by Gasteiger charge is -2.12. The summed E-state index contributed by atoms with van der Waals surface area (Å²) in [5.41, 5.74) is 0.985. The quantitative estimate of drug-likeness (QED) is 0.600. The molecule has 0 aromatic carbocycles. The number of ether oxygens (including phenoxy) is 1. The lowest BCUT2D eigenvalue weighted by molar-refractivity contribution is 0.0594. The van der Waals surface area contributed by atoms with E-state index < -0.39 is 5.97 Å². The average Bonchev–Trinajstić information content (AvgIpc) is 2.42. The Balaban J connectivity index is 2.41. The maximum Gasteiger partial charge on any atom is 0.356 e. The molecule has 104 valence electrons. The number of rotatable bonds is 5. The van der Waals surface area contributed by atoms with E-state index in [1.807, 2.05) is 0 Å². The van der Waals surface area contributed by atoms with Gasteiger partial charge >= 0.3 is 12.0 Å². The topological polar surface area (TPSA) is 83.6 Å². The highest BCUT2D eigenvalue weighted by Crippen LogP contribution is 2.08. The number of methoxy groups -OCH3 is 1. The summed E-state index contributed by atoms with van der Waals surface area (Å²) in [4.78, 5) is 27.9. The van der Waals surface area contributed by atoms with Crippen molar-refractivity contribution in [1.29, 1.82) is 0 Å². The molecule has 1 rings (SSSR count). The van der Waals surface area contributed by atoms with E-state index in [2.05, 4.69) is 20.4 Å². The van der Waals surface area contributed by atoms with Crippen molar-refractivity contribution < 1.29 is 14.3 Å². The number of amides is 2. The van der Waals surface area contributed by atoms with Gasteiger partial charge in [0, 0.05) is 39.1 Å². The molecule has 0 bridgehead atoms. The van der Waals surface area contributed by atoms with Gasteiger partial charge in [0.05, 0.1) is 7.11 Å². The van der Waals surface area contributed by atoms with Crippen molar-refractivity contribution in [3.63, 3.8) is 0 Å². The Bertz CT molecular complexity index is 448. The lowest BCUT2D eigenvalue weighted by Crippen LogP contribution is -2.37.